The van der Waals surface area contributed by atoms with Crippen LogP contribution in [0.5, 0.6) is 0 Å². The molecule has 0 aliphatic carbocycles. The molecule has 8 nitrogen and oxygen atoms in total. The van der Waals surface area contributed by atoms with Gasteiger partial charge < -0.3 is 25.1 Å². The van der Waals surface area contributed by atoms with Crippen LogP contribution in [0, 0.1) is 17.3 Å². The number of rotatable bonds is 15. The van der Waals surface area contributed by atoms with E-state index in [1.54, 1.807) is 0 Å². The lowest BCUT2D eigenvalue weighted by Gasteiger charge is -2.44. The van der Waals surface area contributed by atoms with Crippen LogP contribution in [0.15, 0.2) is 0 Å². The SMILES string of the molecule is CCCCNC(=O)[C@@H](NC(=O)C(C)(C)C[C@H](O[Si](C)(C)C(C)(C)C)C(CC(C)C)NC(=O)OC(C)(C)C)C(C)C. The molecule has 0 radical (unpaired) electrons. The van der Waals surface area contributed by atoms with Crippen molar-refractivity contribution in [3.05, 3.63) is 0 Å². The monoisotopic (exact) mass is 585 g/mol. The molecule has 0 spiro atoms. The lowest BCUT2D eigenvalue weighted by molar-refractivity contribution is -0.136. The van der Waals surface area contributed by atoms with Crippen LogP contribution in [-0.4, -0.2) is 56.6 Å². The average Bonchev–Trinajstić information content (AvgIpc) is 2.73. The number of hydrogen-bond donors (Lipinski definition) is 3. The van der Waals surface area contributed by atoms with Crippen molar-refractivity contribution in [1.82, 2.24) is 16.0 Å². The molecule has 3 amide bonds. The molecular weight excluding hydrogens is 522 g/mol. The summed E-state index contributed by atoms with van der Waals surface area (Å²) in [5.41, 5.74) is -1.50. The second-order valence-electron chi connectivity index (χ2n) is 15.2. The summed E-state index contributed by atoms with van der Waals surface area (Å²) in [4.78, 5) is 39.5. The number of carbonyl (C=O) groups excluding carboxylic acids is 3. The van der Waals surface area contributed by atoms with Crippen LogP contribution in [-0.2, 0) is 18.8 Å². The van der Waals surface area contributed by atoms with Gasteiger partial charge in [-0.25, -0.2) is 4.79 Å². The maximum atomic E-state index is 13.7. The Morgan fingerprint density at radius 1 is 0.875 bits per heavy atom. The van der Waals surface area contributed by atoms with E-state index < -0.39 is 37.6 Å². The fourth-order valence-electron chi connectivity index (χ4n) is 4.06. The zero-order chi connectivity index (χ0) is 31.7. The van der Waals surface area contributed by atoms with Crippen molar-refractivity contribution in [2.45, 2.75) is 158 Å². The standard InChI is InChI=1S/C31H63N3O5Si/c1-16-17-18-32-26(35)25(22(4)5)34-27(36)31(12,13)20-24(39-40(14,15)30(9,10)11)23(19-21(2)3)33-28(37)38-29(6,7)8/h21-25H,16-20H2,1-15H3,(H,32,35)(H,33,37)(H,34,36)/t23?,24-,25-/m0/s1. The summed E-state index contributed by atoms with van der Waals surface area (Å²) in [6, 6.07) is -0.982. The highest BCUT2D eigenvalue weighted by Crippen LogP contribution is 2.40. The van der Waals surface area contributed by atoms with Crippen molar-refractivity contribution in [1.29, 1.82) is 0 Å². The number of unbranched alkanes of at least 4 members (excludes halogenated alkanes) is 1. The normalized spacial score (nSPS) is 15.4. The minimum absolute atomic E-state index is 0.0642. The van der Waals surface area contributed by atoms with Crippen molar-refractivity contribution in [3.8, 4) is 0 Å². The Labute approximate surface area is 247 Å². The molecule has 1 unspecified atom stereocenters. The fourth-order valence-corrected chi connectivity index (χ4v) is 5.42. The minimum Gasteiger partial charge on any atom is -0.444 e. The summed E-state index contributed by atoms with van der Waals surface area (Å²) in [7, 11) is -2.29. The van der Waals surface area contributed by atoms with E-state index >= 15 is 0 Å². The summed E-state index contributed by atoms with van der Waals surface area (Å²) < 4.78 is 12.6. The summed E-state index contributed by atoms with van der Waals surface area (Å²) in [6.07, 6.45) is 2.01. The smallest absolute Gasteiger partial charge is 0.407 e. The Bertz CT molecular complexity index is 813. The van der Waals surface area contributed by atoms with Crippen LogP contribution in [0.3, 0.4) is 0 Å². The zero-order valence-electron chi connectivity index (χ0n) is 28.5. The number of alkyl carbamates (subject to hydrolysis) is 1. The maximum Gasteiger partial charge on any atom is 0.407 e. The Morgan fingerprint density at radius 2 is 1.43 bits per heavy atom. The first-order chi connectivity index (χ1) is 17.9. The van der Waals surface area contributed by atoms with Gasteiger partial charge in [0.15, 0.2) is 8.32 Å². The van der Waals surface area contributed by atoms with Gasteiger partial charge >= 0.3 is 6.09 Å². The van der Waals surface area contributed by atoms with Crippen LogP contribution in [0.2, 0.25) is 18.1 Å². The van der Waals surface area contributed by atoms with Crippen molar-refractivity contribution < 1.29 is 23.5 Å². The molecule has 0 saturated heterocycles. The van der Waals surface area contributed by atoms with E-state index in [4.69, 9.17) is 9.16 Å². The molecule has 0 bridgehead atoms. The molecule has 9 heteroatoms. The lowest BCUT2D eigenvalue weighted by atomic mass is 9.82. The van der Waals surface area contributed by atoms with Crippen LogP contribution in [0.4, 0.5) is 4.79 Å². The van der Waals surface area contributed by atoms with Gasteiger partial charge in [0.2, 0.25) is 11.8 Å². The quantitative estimate of drug-likeness (QED) is 0.145. The predicted molar refractivity (Wildman–Crippen MR) is 168 cm³/mol. The van der Waals surface area contributed by atoms with Crippen molar-refractivity contribution in [2.75, 3.05) is 6.54 Å². The molecule has 0 fully saturated rings. The van der Waals surface area contributed by atoms with Gasteiger partial charge in [0.1, 0.15) is 11.6 Å². The maximum absolute atomic E-state index is 13.7. The molecule has 0 saturated carbocycles. The lowest BCUT2D eigenvalue weighted by Crippen LogP contribution is -2.56. The number of nitrogens with one attached hydrogen (secondary N) is 3. The highest BCUT2D eigenvalue weighted by atomic mass is 28.4. The molecule has 236 valence electrons. The molecular formula is C31H63N3O5Si. The fraction of sp³-hybridized carbons (Fsp3) is 0.903. The van der Waals surface area contributed by atoms with Crippen molar-refractivity contribution in [2.24, 2.45) is 17.3 Å². The molecule has 0 aromatic heterocycles. The molecule has 3 N–H and O–H groups in total. The first-order valence-electron chi connectivity index (χ1n) is 15.2. The molecule has 0 aliphatic heterocycles. The van der Waals surface area contributed by atoms with E-state index in [2.05, 4.69) is 70.6 Å². The van der Waals surface area contributed by atoms with E-state index in [0.29, 0.717) is 19.4 Å². The summed E-state index contributed by atoms with van der Waals surface area (Å²) in [5.74, 6) is -0.158. The third-order valence-corrected chi connectivity index (χ3v) is 12.0. The van der Waals surface area contributed by atoms with Gasteiger partial charge in [0, 0.05) is 12.0 Å². The van der Waals surface area contributed by atoms with E-state index in [-0.39, 0.29) is 34.7 Å². The summed E-state index contributed by atoms with van der Waals surface area (Å²) in [6.45, 7) is 30.9. The zero-order valence-corrected chi connectivity index (χ0v) is 29.5. The first-order valence-corrected chi connectivity index (χ1v) is 18.1. The molecule has 0 aromatic rings. The summed E-state index contributed by atoms with van der Waals surface area (Å²) >= 11 is 0. The number of amides is 3. The van der Waals surface area contributed by atoms with Gasteiger partial charge in [-0.3, -0.25) is 9.59 Å². The van der Waals surface area contributed by atoms with Crippen LogP contribution in [0.1, 0.15) is 116 Å². The number of carbonyl (C=O) groups is 3. The Morgan fingerprint density at radius 3 is 1.85 bits per heavy atom. The third kappa shape index (κ3) is 13.8. The third-order valence-electron chi connectivity index (χ3n) is 7.52. The van der Waals surface area contributed by atoms with Crippen LogP contribution < -0.4 is 16.0 Å². The van der Waals surface area contributed by atoms with Gasteiger partial charge in [-0.05, 0) is 70.0 Å². The predicted octanol–water partition coefficient (Wildman–Crippen LogP) is 6.79. The van der Waals surface area contributed by atoms with E-state index in [9.17, 15) is 14.4 Å². The number of hydrogen-bond acceptors (Lipinski definition) is 5. The summed E-state index contributed by atoms with van der Waals surface area (Å²) in [5, 5.41) is 9.00. The van der Waals surface area contributed by atoms with E-state index in [1.165, 1.54) is 0 Å². The highest BCUT2D eigenvalue weighted by Gasteiger charge is 2.44. The topological polar surface area (TPSA) is 106 Å². The van der Waals surface area contributed by atoms with Crippen molar-refractivity contribution >= 4 is 26.2 Å². The number of ether oxygens (including phenoxy) is 1. The second kappa shape index (κ2) is 15.6. The molecule has 0 aromatic carbocycles. The van der Waals surface area contributed by atoms with Crippen LogP contribution in [0.25, 0.3) is 0 Å². The van der Waals surface area contributed by atoms with Gasteiger partial charge in [-0.15, -0.1) is 0 Å². The Hall–Kier alpha value is -1.61. The van der Waals surface area contributed by atoms with Gasteiger partial charge in [0.25, 0.3) is 0 Å². The van der Waals surface area contributed by atoms with E-state index in [0.717, 1.165) is 12.8 Å². The van der Waals surface area contributed by atoms with Gasteiger partial charge in [-0.1, -0.05) is 75.7 Å². The Kier molecular flexibility index (Phi) is 14.9. The van der Waals surface area contributed by atoms with Gasteiger partial charge in [0.05, 0.1) is 12.1 Å². The van der Waals surface area contributed by atoms with Gasteiger partial charge in [-0.2, -0.15) is 0 Å². The molecule has 3 atom stereocenters. The average molecular weight is 586 g/mol. The molecule has 0 rings (SSSR count). The van der Waals surface area contributed by atoms with Crippen molar-refractivity contribution in [3.63, 3.8) is 0 Å². The van der Waals surface area contributed by atoms with E-state index in [1.807, 2.05) is 48.5 Å². The largest absolute Gasteiger partial charge is 0.444 e. The second-order valence-corrected chi connectivity index (χ2v) is 20.0. The molecule has 0 heterocycles. The molecule has 0 aliphatic rings. The van der Waals surface area contributed by atoms with Crippen LogP contribution >= 0.6 is 0 Å². The minimum atomic E-state index is -2.29. The highest BCUT2D eigenvalue weighted by molar-refractivity contribution is 6.74. The Balaban J connectivity index is 6.23. The molecule has 40 heavy (non-hydrogen) atoms. The first kappa shape index (κ1) is 38.4.